The maximum atomic E-state index is 5.69. The molecule has 2 heterocycles. The van der Waals surface area contributed by atoms with Gasteiger partial charge in [-0.05, 0) is 33.1 Å². The lowest BCUT2D eigenvalue weighted by molar-refractivity contribution is 0.566. The van der Waals surface area contributed by atoms with E-state index in [9.17, 15) is 0 Å². The zero-order chi connectivity index (χ0) is 11.5. The van der Waals surface area contributed by atoms with Gasteiger partial charge >= 0.3 is 0 Å². The molecular formula is C12H20N4. The predicted molar refractivity (Wildman–Crippen MR) is 65.5 cm³/mol. The summed E-state index contributed by atoms with van der Waals surface area (Å²) in [6, 6.07) is 0. The van der Waals surface area contributed by atoms with E-state index in [0.717, 1.165) is 36.0 Å². The number of aromatic nitrogens is 2. The molecule has 1 fully saturated rings. The van der Waals surface area contributed by atoms with E-state index in [1.165, 1.54) is 19.3 Å². The summed E-state index contributed by atoms with van der Waals surface area (Å²) in [6.45, 7) is 6.73. The quantitative estimate of drug-likeness (QED) is 0.821. The molecule has 0 atom stereocenters. The Hall–Kier alpha value is -1.16. The Kier molecular flexibility index (Phi) is 3.39. The van der Waals surface area contributed by atoms with Gasteiger partial charge in [-0.15, -0.1) is 0 Å². The smallest absolute Gasteiger partial charge is 0.225 e. The molecule has 1 aliphatic heterocycles. The van der Waals surface area contributed by atoms with Crippen LogP contribution in [0.3, 0.4) is 0 Å². The lowest BCUT2D eigenvalue weighted by Gasteiger charge is -2.27. The van der Waals surface area contributed by atoms with E-state index >= 15 is 0 Å². The van der Waals surface area contributed by atoms with Crippen LogP contribution in [0, 0.1) is 13.8 Å². The molecule has 1 aromatic heterocycles. The third-order valence-corrected chi connectivity index (χ3v) is 3.25. The summed E-state index contributed by atoms with van der Waals surface area (Å²) in [5.74, 6) is 0.881. The number of nitrogens with zero attached hydrogens (tertiary/aromatic N) is 3. The third-order valence-electron chi connectivity index (χ3n) is 3.25. The minimum absolute atomic E-state index is 0.526. The van der Waals surface area contributed by atoms with Gasteiger partial charge < -0.3 is 10.6 Å². The van der Waals surface area contributed by atoms with Crippen LogP contribution in [-0.4, -0.2) is 23.1 Å². The van der Waals surface area contributed by atoms with Crippen LogP contribution in [0.4, 0.5) is 5.95 Å². The second-order valence-corrected chi connectivity index (χ2v) is 4.42. The summed E-state index contributed by atoms with van der Waals surface area (Å²) >= 11 is 0. The van der Waals surface area contributed by atoms with E-state index in [2.05, 4.69) is 14.9 Å². The minimum atomic E-state index is 0.526. The van der Waals surface area contributed by atoms with E-state index in [-0.39, 0.29) is 0 Å². The number of hydrogen-bond acceptors (Lipinski definition) is 4. The summed E-state index contributed by atoms with van der Waals surface area (Å²) in [5.41, 5.74) is 8.82. The Balaban J connectivity index is 2.28. The molecule has 1 saturated heterocycles. The molecule has 1 aromatic rings. The number of nitrogens with two attached hydrogens (primary N) is 1. The zero-order valence-electron chi connectivity index (χ0n) is 10.2. The van der Waals surface area contributed by atoms with Gasteiger partial charge in [0, 0.05) is 36.6 Å². The Bertz CT molecular complexity index is 346. The summed E-state index contributed by atoms with van der Waals surface area (Å²) < 4.78 is 0. The normalized spacial score (nSPS) is 16.6. The van der Waals surface area contributed by atoms with E-state index in [4.69, 9.17) is 5.73 Å². The van der Waals surface area contributed by atoms with Crippen LogP contribution in [0.1, 0.15) is 36.2 Å². The molecule has 0 unspecified atom stereocenters. The first-order valence-corrected chi connectivity index (χ1v) is 6.01. The highest BCUT2D eigenvalue weighted by atomic mass is 15.3. The van der Waals surface area contributed by atoms with Gasteiger partial charge in [-0.1, -0.05) is 0 Å². The summed E-state index contributed by atoms with van der Waals surface area (Å²) in [6.07, 6.45) is 3.83. The van der Waals surface area contributed by atoms with Gasteiger partial charge in [-0.3, -0.25) is 0 Å². The Labute approximate surface area is 96.9 Å². The van der Waals surface area contributed by atoms with Crippen molar-refractivity contribution < 1.29 is 0 Å². The fourth-order valence-electron chi connectivity index (χ4n) is 2.25. The number of aryl methyl sites for hydroxylation is 2. The van der Waals surface area contributed by atoms with Crippen molar-refractivity contribution in [2.24, 2.45) is 5.73 Å². The van der Waals surface area contributed by atoms with Crippen LogP contribution in [0.5, 0.6) is 0 Å². The van der Waals surface area contributed by atoms with Crippen molar-refractivity contribution in [1.29, 1.82) is 0 Å². The van der Waals surface area contributed by atoms with Gasteiger partial charge in [-0.2, -0.15) is 0 Å². The Morgan fingerprint density at radius 3 is 2.12 bits per heavy atom. The third kappa shape index (κ3) is 2.16. The van der Waals surface area contributed by atoms with Crippen molar-refractivity contribution in [3.8, 4) is 0 Å². The van der Waals surface area contributed by atoms with Crippen LogP contribution < -0.4 is 10.6 Å². The highest BCUT2D eigenvalue weighted by Crippen LogP contribution is 2.18. The van der Waals surface area contributed by atoms with E-state index in [1.807, 2.05) is 13.8 Å². The molecule has 0 spiro atoms. The summed E-state index contributed by atoms with van der Waals surface area (Å²) in [5, 5.41) is 0. The first-order chi connectivity index (χ1) is 7.72. The van der Waals surface area contributed by atoms with Crippen LogP contribution in [0.2, 0.25) is 0 Å². The number of rotatable bonds is 2. The molecule has 2 N–H and O–H groups in total. The lowest BCUT2D eigenvalue weighted by atomic mass is 10.1. The molecule has 0 bridgehead atoms. The van der Waals surface area contributed by atoms with Gasteiger partial charge in [0.2, 0.25) is 5.95 Å². The van der Waals surface area contributed by atoms with E-state index < -0.39 is 0 Å². The molecule has 0 amide bonds. The second-order valence-electron chi connectivity index (χ2n) is 4.42. The SMILES string of the molecule is Cc1nc(N2CCCCC2)nc(C)c1CN. The summed E-state index contributed by atoms with van der Waals surface area (Å²) in [4.78, 5) is 11.4. The molecule has 4 heteroatoms. The monoisotopic (exact) mass is 220 g/mol. The topological polar surface area (TPSA) is 55.0 Å². The molecule has 1 aliphatic rings. The first-order valence-electron chi connectivity index (χ1n) is 6.01. The van der Waals surface area contributed by atoms with Crippen LogP contribution in [-0.2, 0) is 6.54 Å². The maximum absolute atomic E-state index is 5.69. The molecular weight excluding hydrogens is 200 g/mol. The van der Waals surface area contributed by atoms with Gasteiger partial charge in [-0.25, -0.2) is 9.97 Å². The van der Waals surface area contributed by atoms with E-state index in [1.54, 1.807) is 0 Å². The maximum Gasteiger partial charge on any atom is 0.225 e. The highest BCUT2D eigenvalue weighted by Gasteiger charge is 2.15. The fourth-order valence-corrected chi connectivity index (χ4v) is 2.25. The van der Waals surface area contributed by atoms with Crippen molar-refractivity contribution in [3.05, 3.63) is 17.0 Å². The predicted octanol–water partition coefficient (Wildman–Crippen LogP) is 1.54. The van der Waals surface area contributed by atoms with Gasteiger partial charge in [0.1, 0.15) is 0 Å². The number of hydrogen-bond donors (Lipinski definition) is 1. The molecule has 0 aliphatic carbocycles. The standard InChI is InChI=1S/C12H20N4/c1-9-11(8-13)10(2)15-12(14-9)16-6-4-3-5-7-16/h3-8,13H2,1-2H3. The molecule has 2 rings (SSSR count). The van der Waals surface area contributed by atoms with Crippen molar-refractivity contribution in [2.75, 3.05) is 18.0 Å². The zero-order valence-corrected chi connectivity index (χ0v) is 10.2. The highest BCUT2D eigenvalue weighted by molar-refractivity contribution is 5.36. The van der Waals surface area contributed by atoms with Crippen molar-refractivity contribution >= 4 is 5.95 Å². The lowest BCUT2D eigenvalue weighted by Crippen LogP contribution is -2.31. The average Bonchev–Trinajstić information content (AvgIpc) is 2.30. The Morgan fingerprint density at radius 1 is 1.06 bits per heavy atom. The van der Waals surface area contributed by atoms with E-state index in [0.29, 0.717) is 6.54 Å². The van der Waals surface area contributed by atoms with Gasteiger partial charge in [0.25, 0.3) is 0 Å². The largest absolute Gasteiger partial charge is 0.341 e. The first kappa shape index (κ1) is 11.3. The van der Waals surface area contributed by atoms with Crippen LogP contribution in [0.15, 0.2) is 0 Å². The van der Waals surface area contributed by atoms with Gasteiger partial charge in [0.05, 0.1) is 0 Å². The molecule has 88 valence electrons. The van der Waals surface area contributed by atoms with Crippen molar-refractivity contribution in [1.82, 2.24) is 9.97 Å². The molecule has 0 saturated carbocycles. The second kappa shape index (κ2) is 4.78. The van der Waals surface area contributed by atoms with Crippen molar-refractivity contribution in [2.45, 2.75) is 39.7 Å². The average molecular weight is 220 g/mol. The summed E-state index contributed by atoms with van der Waals surface area (Å²) in [7, 11) is 0. The van der Waals surface area contributed by atoms with Crippen LogP contribution in [0.25, 0.3) is 0 Å². The fraction of sp³-hybridized carbons (Fsp3) is 0.667. The molecule has 0 radical (unpaired) electrons. The number of piperidine rings is 1. The van der Waals surface area contributed by atoms with Crippen LogP contribution >= 0.6 is 0 Å². The molecule has 16 heavy (non-hydrogen) atoms. The van der Waals surface area contributed by atoms with Crippen molar-refractivity contribution in [3.63, 3.8) is 0 Å². The molecule has 4 nitrogen and oxygen atoms in total. The number of anilines is 1. The Morgan fingerprint density at radius 2 is 1.62 bits per heavy atom. The van der Waals surface area contributed by atoms with Gasteiger partial charge in [0.15, 0.2) is 0 Å². The molecule has 0 aromatic carbocycles. The minimum Gasteiger partial charge on any atom is -0.341 e.